The number of carbonyl (C=O) groups excluding carboxylic acids is 1. The van der Waals surface area contributed by atoms with Gasteiger partial charge in [0.2, 0.25) is 0 Å². The van der Waals surface area contributed by atoms with Gasteiger partial charge in [0, 0.05) is 19.6 Å². The largest absolute Gasteiger partial charge is 0.444 e. The Labute approximate surface area is 106 Å². The van der Waals surface area contributed by atoms with Crippen LogP contribution in [-0.4, -0.2) is 47.3 Å². The molecule has 1 atom stereocenters. The van der Waals surface area contributed by atoms with Crippen LogP contribution in [0.4, 0.5) is 13.6 Å². The van der Waals surface area contributed by atoms with E-state index in [1.165, 1.54) is 0 Å². The Bertz CT molecular complexity index is 302. The van der Waals surface area contributed by atoms with Gasteiger partial charge in [0.25, 0.3) is 5.92 Å². The lowest BCUT2D eigenvalue weighted by atomic mass is 10.0. The molecule has 0 aliphatic carbocycles. The van der Waals surface area contributed by atoms with Gasteiger partial charge in [-0.3, -0.25) is 0 Å². The molecule has 1 fully saturated rings. The number of ether oxygens (including phenoxy) is 1. The normalized spacial score (nSPS) is 24.6. The lowest BCUT2D eigenvalue weighted by Crippen LogP contribution is -2.43. The molecule has 1 aliphatic rings. The number of rotatable bonds is 1. The van der Waals surface area contributed by atoms with E-state index in [9.17, 15) is 13.6 Å². The number of carbonyl (C=O) groups is 1. The molecule has 0 aromatic heterocycles. The second-order valence-corrected chi connectivity index (χ2v) is 5.80. The highest BCUT2D eigenvalue weighted by Gasteiger charge is 2.39. The molecular formula is C12H21F2NO3. The predicted octanol–water partition coefficient (Wildman–Crippen LogP) is 2.26. The lowest BCUT2D eigenvalue weighted by molar-refractivity contribution is -0.0389. The quantitative estimate of drug-likeness (QED) is 0.791. The molecule has 4 nitrogen and oxygen atoms in total. The molecule has 0 saturated carbocycles. The Morgan fingerprint density at radius 1 is 1.50 bits per heavy atom. The molecule has 1 N–H and O–H groups in total. The van der Waals surface area contributed by atoms with Crippen LogP contribution in [-0.2, 0) is 4.74 Å². The summed E-state index contributed by atoms with van der Waals surface area (Å²) in [5.41, 5.74) is -0.715. The molecule has 0 spiro atoms. The number of aliphatic hydroxyl groups is 1. The van der Waals surface area contributed by atoms with Crippen LogP contribution < -0.4 is 0 Å². The molecule has 106 valence electrons. The van der Waals surface area contributed by atoms with E-state index in [1.54, 1.807) is 20.8 Å². The van der Waals surface area contributed by atoms with E-state index in [4.69, 9.17) is 9.84 Å². The minimum Gasteiger partial charge on any atom is -0.444 e. The lowest BCUT2D eigenvalue weighted by Gasteiger charge is -2.29. The van der Waals surface area contributed by atoms with E-state index in [0.717, 1.165) is 4.90 Å². The van der Waals surface area contributed by atoms with E-state index in [-0.39, 0.29) is 31.9 Å². The maximum Gasteiger partial charge on any atom is 0.410 e. The Morgan fingerprint density at radius 2 is 2.11 bits per heavy atom. The highest BCUT2D eigenvalue weighted by atomic mass is 19.3. The fourth-order valence-corrected chi connectivity index (χ4v) is 1.86. The Kier molecular flexibility index (Phi) is 4.53. The number of nitrogens with zero attached hydrogens (tertiary/aromatic N) is 1. The van der Waals surface area contributed by atoms with Gasteiger partial charge in [-0.15, -0.1) is 0 Å². The van der Waals surface area contributed by atoms with E-state index in [2.05, 4.69) is 0 Å². The van der Waals surface area contributed by atoms with E-state index < -0.39 is 24.2 Å². The smallest absolute Gasteiger partial charge is 0.410 e. The summed E-state index contributed by atoms with van der Waals surface area (Å²) in [4.78, 5) is 12.8. The van der Waals surface area contributed by atoms with Gasteiger partial charge < -0.3 is 14.7 Å². The first-order valence-corrected chi connectivity index (χ1v) is 6.09. The standard InChI is InChI=1S/C12H21F2NO3/c1-11(2,3)18-10(17)15-6-9(7-16)4-5-12(13,14)8-15/h9,16H,4-8H2,1-3H3. The fraction of sp³-hybridized carbons (Fsp3) is 0.917. The molecule has 0 aromatic rings. The van der Waals surface area contributed by atoms with Crippen LogP contribution in [0, 0.1) is 5.92 Å². The summed E-state index contributed by atoms with van der Waals surface area (Å²) in [7, 11) is 0. The van der Waals surface area contributed by atoms with Gasteiger partial charge in [-0.1, -0.05) is 0 Å². The number of likely N-dealkylation sites (tertiary alicyclic amines) is 1. The van der Waals surface area contributed by atoms with E-state index in [0.29, 0.717) is 0 Å². The average Bonchev–Trinajstić information content (AvgIpc) is 2.34. The first kappa shape index (κ1) is 15.1. The van der Waals surface area contributed by atoms with Gasteiger partial charge >= 0.3 is 6.09 Å². The van der Waals surface area contributed by atoms with Crippen molar-refractivity contribution in [1.82, 2.24) is 4.90 Å². The summed E-state index contributed by atoms with van der Waals surface area (Å²) < 4.78 is 32.1. The molecular weight excluding hydrogens is 244 g/mol. The van der Waals surface area contributed by atoms with E-state index in [1.807, 2.05) is 0 Å². The molecule has 18 heavy (non-hydrogen) atoms. The summed E-state index contributed by atoms with van der Waals surface area (Å²) in [5, 5.41) is 9.09. The molecule has 1 rings (SSSR count). The van der Waals surface area contributed by atoms with Crippen molar-refractivity contribution in [2.45, 2.75) is 45.1 Å². The van der Waals surface area contributed by atoms with Crippen LogP contribution in [0.5, 0.6) is 0 Å². The summed E-state index contributed by atoms with van der Waals surface area (Å²) in [6.07, 6.45) is -0.845. The van der Waals surface area contributed by atoms with Crippen molar-refractivity contribution >= 4 is 6.09 Å². The third-order valence-electron chi connectivity index (χ3n) is 2.73. The van der Waals surface area contributed by atoms with Gasteiger partial charge in [0.05, 0.1) is 6.54 Å². The second-order valence-electron chi connectivity index (χ2n) is 5.80. The van der Waals surface area contributed by atoms with Crippen molar-refractivity contribution in [3.05, 3.63) is 0 Å². The molecule has 1 unspecified atom stereocenters. The third-order valence-corrected chi connectivity index (χ3v) is 2.73. The molecule has 1 heterocycles. The topological polar surface area (TPSA) is 49.8 Å². The Morgan fingerprint density at radius 3 is 2.61 bits per heavy atom. The second kappa shape index (κ2) is 5.38. The zero-order valence-electron chi connectivity index (χ0n) is 11.1. The van der Waals surface area contributed by atoms with Gasteiger partial charge in [0.1, 0.15) is 5.60 Å². The number of alkyl halides is 2. The zero-order valence-corrected chi connectivity index (χ0v) is 11.1. The minimum atomic E-state index is -2.92. The van der Waals surface area contributed by atoms with Crippen LogP contribution in [0.1, 0.15) is 33.6 Å². The molecule has 0 aromatic carbocycles. The van der Waals surface area contributed by atoms with Gasteiger partial charge in [-0.2, -0.15) is 0 Å². The van der Waals surface area contributed by atoms with Gasteiger partial charge in [-0.05, 0) is 33.1 Å². The maximum absolute atomic E-state index is 13.5. The molecule has 1 saturated heterocycles. The fourth-order valence-electron chi connectivity index (χ4n) is 1.86. The third kappa shape index (κ3) is 4.76. The van der Waals surface area contributed by atoms with Crippen LogP contribution in [0.3, 0.4) is 0 Å². The molecule has 1 aliphatic heterocycles. The number of hydrogen-bond acceptors (Lipinski definition) is 3. The predicted molar refractivity (Wildman–Crippen MR) is 62.6 cm³/mol. The SMILES string of the molecule is CC(C)(C)OC(=O)N1CC(CO)CCC(F)(F)C1. The van der Waals surface area contributed by atoms with Crippen LogP contribution in [0.25, 0.3) is 0 Å². The van der Waals surface area contributed by atoms with Crippen molar-refractivity contribution in [3.63, 3.8) is 0 Å². The summed E-state index contributed by atoms with van der Waals surface area (Å²) in [6.45, 7) is 4.33. The Balaban J connectivity index is 2.74. The molecule has 0 bridgehead atoms. The molecule has 1 amide bonds. The summed E-state index contributed by atoms with van der Waals surface area (Å²) in [5.74, 6) is -3.23. The number of halogens is 2. The molecule has 6 heteroatoms. The van der Waals surface area contributed by atoms with Crippen molar-refractivity contribution in [2.24, 2.45) is 5.92 Å². The summed E-state index contributed by atoms with van der Waals surface area (Å²) in [6, 6.07) is 0. The van der Waals surface area contributed by atoms with Crippen molar-refractivity contribution in [2.75, 3.05) is 19.7 Å². The number of aliphatic hydroxyl groups excluding tert-OH is 1. The van der Waals surface area contributed by atoms with Crippen LogP contribution >= 0.6 is 0 Å². The first-order valence-electron chi connectivity index (χ1n) is 6.09. The van der Waals surface area contributed by atoms with Crippen molar-refractivity contribution < 1.29 is 23.4 Å². The van der Waals surface area contributed by atoms with Crippen molar-refractivity contribution in [3.8, 4) is 0 Å². The maximum atomic E-state index is 13.5. The molecule has 0 radical (unpaired) electrons. The van der Waals surface area contributed by atoms with Crippen LogP contribution in [0.2, 0.25) is 0 Å². The number of hydrogen-bond donors (Lipinski definition) is 1. The average molecular weight is 265 g/mol. The van der Waals surface area contributed by atoms with Gasteiger partial charge in [0.15, 0.2) is 0 Å². The zero-order chi connectivity index (χ0) is 14.0. The van der Waals surface area contributed by atoms with Crippen LogP contribution in [0.15, 0.2) is 0 Å². The van der Waals surface area contributed by atoms with Crippen molar-refractivity contribution in [1.29, 1.82) is 0 Å². The summed E-state index contributed by atoms with van der Waals surface area (Å²) >= 11 is 0. The highest BCUT2D eigenvalue weighted by Crippen LogP contribution is 2.29. The Hall–Kier alpha value is -0.910. The highest BCUT2D eigenvalue weighted by molar-refractivity contribution is 5.68. The monoisotopic (exact) mass is 265 g/mol. The minimum absolute atomic E-state index is 0.112. The van der Waals surface area contributed by atoms with E-state index >= 15 is 0 Å². The number of amides is 1. The first-order chi connectivity index (χ1) is 8.13. The van der Waals surface area contributed by atoms with Gasteiger partial charge in [-0.25, -0.2) is 13.6 Å².